The topological polar surface area (TPSA) is 55.6 Å². The largest absolute Gasteiger partial charge is 0.482 e. The molecule has 0 fully saturated rings. The number of nitrogen functional groups attached to an aromatic ring is 1. The first kappa shape index (κ1) is 14.9. The molecule has 0 atom stereocenters. The minimum atomic E-state index is -0.0836. The quantitative estimate of drug-likeness (QED) is 0.859. The summed E-state index contributed by atoms with van der Waals surface area (Å²) in [5, 5.41) is 0. The summed E-state index contributed by atoms with van der Waals surface area (Å²) in [6.07, 6.45) is 0. The molecule has 0 unspecified atom stereocenters. The van der Waals surface area contributed by atoms with Gasteiger partial charge in [-0.05, 0) is 24.6 Å². The molecule has 0 aliphatic rings. The molecule has 0 heterocycles. The number of benzene rings is 2. The van der Waals surface area contributed by atoms with Crippen molar-refractivity contribution in [2.24, 2.45) is 0 Å². The molecule has 0 saturated heterocycles. The maximum absolute atomic E-state index is 12.1. The predicted molar refractivity (Wildman–Crippen MR) is 84.0 cm³/mol. The smallest absolute Gasteiger partial charge is 0.260 e. The van der Waals surface area contributed by atoms with Crippen molar-refractivity contribution in [2.75, 3.05) is 19.4 Å². The van der Waals surface area contributed by atoms with Crippen molar-refractivity contribution in [3.05, 3.63) is 59.7 Å². The summed E-state index contributed by atoms with van der Waals surface area (Å²) in [5.41, 5.74) is 8.59. The lowest BCUT2D eigenvalue weighted by atomic mass is 10.1. The fourth-order valence-corrected chi connectivity index (χ4v) is 2.03. The van der Waals surface area contributed by atoms with Gasteiger partial charge in [0.05, 0.1) is 5.69 Å². The second-order valence-electron chi connectivity index (χ2n) is 5.07. The summed E-state index contributed by atoms with van der Waals surface area (Å²) in [6, 6.07) is 15.3. The third-order valence-corrected chi connectivity index (χ3v) is 3.20. The third-order valence-electron chi connectivity index (χ3n) is 3.20. The third kappa shape index (κ3) is 4.24. The number of amides is 1. The highest BCUT2D eigenvalue weighted by atomic mass is 16.5. The highest BCUT2D eigenvalue weighted by molar-refractivity contribution is 5.77. The van der Waals surface area contributed by atoms with Gasteiger partial charge in [-0.15, -0.1) is 0 Å². The van der Waals surface area contributed by atoms with Crippen molar-refractivity contribution in [3.8, 4) is 5.75 Å². The van der Waals surface area contributed by atoms with Crippen LogP contribution in [0.4, 0.5) is 5.69 Å². The summed E-state index contributed by atoms with van der Waals surface area (Å²) in [5.74, 6) is 0.453. The number of nitrogens with zero attached hydrogens (tertiary/aromatic N) is 1. The number of anilines is 1. The molecule has 0 saturated carbocycles. The van der Waals surface area contributed by atoms with Gasteiger partial charge in [-0.2, -0.15) is 0 Å². The Kier molecular flexibility index (Phi) is 4.82. The van der Waals surface area contributed by atoms with Gasteiger partial charge in [0, 0.05) is 13.6 Å². The highest BCUT2D eigenvalue weighted by Gasteiger charge is 2.11. The van der Waals surface area contributed by atoms with Crippen LogP contribution in [-0.2, 0) is 11.3 Å². The normalized spacial score (nSPS) is 10.2. The van der Waals surface area contributed by atoms with Gasteiger partial charge in [0.15, 0.2) is 6.61 Å². The van der Waals surface area contributed by atoms with Crippen molar-refractivity contribution >= 4 is 11.6 Å². The summed E-state index contributed by atoms with van der Waals surface area (Å²) >= 11 is 0. The lowest BCUT2D eigenvalue weighted by molar-refractivity contribution is -0.132. The van der Waals surface area contributed by atoms with Gasteiger partial charge in [-0.25, -0.2) is 0 Å². The Morgan fingerprint density at radius 3 is 2.67 bits per heavy atom. The van der Waals surface area contributed by atoms with Crippen LogP contribution in [-0.4, -0.2) is 24.5 Å². The van der Waals surface area contributed by atoms with E-state index in [-0.39, 0.29) is 12.5 Å². The minimum absolute atomic E-state index is 0.0173. The molecule has 2 aromatic rings. The molecule has 4 heteroatoms. The standard InChI is InChI=1S/C17H20N2O2/c1-13-6-5-7-14(10-13)11-19(2)17(20)12-21-16-9-4-3-8-15(16)18/h3-10H,11-12,18H2,1-2H3. The van der Waals surface area contributed by atoms with E-state index in [1.165, 1.54) is 5.56 Å². The molecule has 2 aromatic carbocycles. The van der Waals surface area contributed by atoms with E-state index in [2.05, 4.69) is 6.07 Å². The molecule has 110 valence electrons. The number of ether oxygens (including phenoxy) is 1. The van der Waals surface area contributed by atoms with Crippen LogP contribution in [0.5, 0.6) is 5.75 Å². The van der Waals surface area contributed by atoms with Gasteiger partial charge < -0.3 is 15.4 Å². The molecule has 0 bridgehead atoms. The van der Waals surface area contributed by atoms with Gasteiger partial charge in [0.25, 0.3) is 5.91 Å². The van der Waals surface area contributed by atoms with Crippen LogP contribution in [0, 0.1) is 6.92 Å². The van der Waals surface area contributed by atoms with E-state index in [1.54, 1.807) is 24.1 Å². The number of hydrogen-bond donors (Lipinski definition) is 1. The second-order valence-corrected chi connectivity index (χ2v) is 5.07. The van der Waals surface area contributed by atoms with Gasteiger partial charge in [-0.1, -0.05) is 42.0 Å². The highest BCUT2D eigenvalue weighted by Crippen LogP contribution is 2.19. The number of carbonyl (C=O) groups is 1. The van der Waals surface area contributed by atoms with Crippen LogP contribution in [0.1, 0.15) is 11.1 Å². The zero-order valence-corrected chi connectivity index (χ0v) is 12.4. The lowest BCUT2D eigenvalue weighted by Crippen LogP contribution is -2.31. The van der Waals surface area contributed by atoms with Crippen molar-refractivity contribution < 1.29 is 9.53 Å². The molecule has 0 radical (unpaired) electrons. The molecule has 2 N–H and O–H groups in total. The number of rotatable bonds is 5. The Morgan fingerprint density at radius 1 is 1.19 bits per heavy atom. The van der Waals surface area contributed by atoms with Crippen LogP contribution in [0.3, 0.4) is 0 Å². The minimum Gasteiger partial charge on any atom is -0.482 e. The van der Waals surface area contributed by atoms with E-state index >= 15 is 0 Å². The fraction of sp³-hybridized carbons (Fsp3) is 0.235. The number of aryl methyl sites for hydroxylation is 1. The Morgan fingerprint density at radius 2 is 1.95 bits per heavy atom. The predicted octanol–water partition coefficient (Wildman–Crippen LogP) is 2.61. The van der Waals surface area contributed by atoms with Crippen LogP contribution in [0.2, 0.25) is 0 Å². The molecule has 2 rings (SSSR count). The number of hydrogen-bond acceptors (Lipinski definition) is 3. The first-order valence-corrected chi connectivity index (χ1v) is 6.83. The average molecular weight is 284 g/mol. The summed E-state index contributed by atoms with van der Waals surface area (Å²) in [7, 11) is 1.77. The Hall–Kier alpha value is -2.49. The summed E-state index contributed by atoms with van der Waals surface area (Å²) < 4.78 is 5.46. The van der Waals surface area contributed by atoms with E-state index in [1.807, 2.05) is 37.3 Å². The van der Waals surface area contributed by atoms with E-state index in [0.29, 0.717) is 18.0 Å². The average Bonchev–Trinajstić information content (AvgIpc) is 2.46. The molecule has 1 amide bonds. The Labute approximate surface area is 125 Å². The lowest BCUT2D eigenvalue weighted by Gasteiger charge is -2.18. The monoisotopic (exact) mass is 284 g/mol. The molecule has 0 aliphatic heterocycles. The van der Waals surface area contributed by atoms with Gasteiger partial charge in [0.2, 0.25) is 0 Å². The van der Waals surface area contributed by atoms with Crippen molar-refractivity contribution in [1.29, 1.82) is 0 Å². The second kappa shape index (κ2) is 6.79. The zero-order valence-electron chi connectivity index (χ0n) is 12.4. The van der Waals surface area contributed by atoms with Crippen LogP contribution in [0.15, 0.2) is 48.5 Å². The molecule has 0 spiro atoms. The van der Waals surface area contributed by atoms with E-state index in [0.717, 1.165) is 5.56 Å². The molecular formula is C17H20N2O2. The fourth-order valence-electron chi connectivity index (χ4n) is 2.03. The van der Waals surface area contributed by atoms with Gasteiger partial charge >= 0.3 is 0 Å². The van der Waals surface area contributed by atoms with E-state index in [9.17, 15) is 4.79 Å². The molecule has 4 nitrogen and oxygen atoms in total. The van der Waals surface area contributed by atoms with Crippen molar-refractivity contribution in [1.82, 2.24) is 4.90 Å². The molecule has 0 aromatic heterocycles. The molecular weight excluding hydrogens is 264 g/mol. The number of likely N-dealkylation sites (N-methyl/N-ethyl adjacent to an activating group) is 1. The van der Waals surface area contributed by atoms with Crippen molar-refractivity contribution in [3.63, 3.8) is 0 Å². The zero-order chi connectivity index (χ0) is 15.2. The Balaban J connectivity index is 1.90. The van der Waals surface area contributed by atoms with Gasteiger partial charge in [0.1, 0.15) is 5.75 Å². The summed E-state index contributed by atoms with van der Waals surface area (Å²) in [4.78, 5) is 13.7. The Bertz CT molecular complexity index is 626. The maximum Gasteiger partial charge on any atom is 0.260 e. The molecule has 0 aliphatic carbocycles. The number of nitrogens with two attached hydrogens (primary N) is 1. The maximum atomic E-state index is 12.1. The summed E-state index contributed by atoms with van der Waals surface area (Å²) in [6.45, 7) is 2.58. The number of carbonyl (C=O) groups excluding carboxylic acids is 1. The van der Waals surface area contributed by atoms with Crippen molar-refractivity contribution in [2.45, 2.75) is 13.5 Å². The van der Waals surface area contributed by atoms with E-state index < -0.39 is 0 Å². The van der Waals surface area contributed by atoms with Crippen LogP contribution >= 0.6 is 0 Å². The van der Waals surface area contributed by atoms with Crippen LogP contribution in [0.25, 0.3) is 0 Å². The van der Waals surface area contributed by atoms with Crippen LogP contribution < -0.4 is 10.5 Å². The molecule has 21 heavy (non-hydrogen) atoms. The first-order chi connectivity index (χ1) is 10.1. The first-order valence-electron chi connectivity index (χ1n) is 6.83. The number of para-hydroxylation sites is 2. The SMILES string of the molecule is Cc1cccc(CN(C)C(=O)COc2ccccc2N)c1. The van der Waals surface area contributed by atoms with E-state index in [4.69, 9.17) is 10.5 Å². The van der Waals surface area contributed by atoms with Gasteiger partial charge in [-0.3, -0.25) is 4.79 Å².